The summed E-state index contributed by atoms with van der Waals surface area (Å²) in [5.41, 5.74) is 8.40. The molecule has 2 rings (SSSR count). The minimum Gasteiger partial charge on any atom is -0.330 e. The third kappa shape index (κ3) is 1.97. The van der Waals surface area contributed by atoms with Gasteiger partial charge in [0.05, 0.1) is 0 Å². The lowest BCUT2D eigenvalue weighted by Crippen LogP contribution is -2.41. The van der Waals surface area contributed by atoms with Crippen molar-refractivity contribution >= 4 is 0 Å². The predicted molar refractivity (Wildman–Crippen MR) is 59.4 cm³/mol. The Bertz CT molecular complexity index is 303. The molecule has 0 amide bonds. The van der Waals surface area contributed by atoms with E-state index in [-0.39, 0.29) is 0 Å². The van der Waals surface area contributed by atoms with Crippen molar-refractivity contribution in [3.63, 3.8) is 0 Å². The molecule has 1 aliphatic heterocycles. The third-order valence-corrected chi connectivity index (χ3v) is 2.92. The van der Waals surface area contributed by atoms with Crippen LogP contribution in [0.2, 0.25) is 0 Å². The predicted octanol–water partition coefficient (Wildman–Crippen LogP) is 1.22. The second-order valence-corrected chi connectivity index (χ2v) is 4.20. The summed E-state index contributed by atoms with van der Waals surface area (Å²) in [6.07, 6.45) is 0.996. The van der Waals surface area contributed by atoms with Crippen LogP contribution >= 0.6 is 0 Å². The van der Waals surface area contributed by atoms with Gasteiger partial charge in [-0.05, 0) is 31.1 Å². The van der Waals surface area contributed by atoms with Gasteiger partial charge in [-0.2, -0.15) is 0 Å². The van der Waals surface area contributed by atoms with Gasteiger partial charge in [0.15, 0.2) is 0 Å². The maximum Gasteiger partial charge on any atom is 0.00934 e. The fourth-order valence-corrected chi connectivity index (χ4v) is 2.08. The van der Waals surface area contributed by atoms with E-state index in [9.17, 15) is 0 Å². The second-order valence-electron chi connectivity index (χ2n) is 4.20. The zero-order valence-electron chi connectivity index (χ0n) is 8.74. The van der Waals surface area contributed by atoms with Gasteiger partial charge in [-0.3, -0.25) is 0 Å². The molecule has 0 saturated carbocycles. The van der Waals surface area contributed by atoms with Crippen molar-refractivity contribution in [2.45, 2.75) is 12.3 Å². The van der Waals surface area contributed by atoms with E-state index in [1.165, 1.54) is 24.2 Å². The molecule has 0 aromatic heterocycles. The molecule has 1 aromatic carbocycles. The quantitative estimate of drug-likeness (QED) is 0.776. The van der Waals surface area contributed by atoms with E-state index in [2.05, 4.69) is 36.2 Å². The number of nitrogens with two attached hydrogens (primary N) is 1. The first-order chi connectivity index (χ1) is 6.79. The molecule has 14 heavy (non-hydrogen) atoms. The summed E-state index contributed by atoms with van der Waals surface area (Å²) in [6.45, 7) is 3.15. The molecule has 1 heterocycles. The van der Waals surface area contributed by atoms with Gasteiger partial charge >= 0.3 is 0 Å². The summed E-state index contributed by atoms with van der Waals surface area (Å²) < 4.78 is 0. The molecule has 76 valence electrons. The van der Waals surface area contributed by atoms with Gasteiger partial charge < -0.3 is 10.6 Å². The van der Waals surface area contributed by atoms with E-state index in [1.54, 1.807) is 0 Å². The first kappa shape index (κ1) is 9.69. The van der Waals surface area contributed by atoms with E-state index in [1.807, 2.05) is 0 Å². The number of hydrogen-bond acceptors (Lipinski definition) is 2. The van der Waals surface area contributed by atoms with Crippen molar-refractivity contribution in [2.75, 3.05) is 26.7 Å². The Balaban J connectivity index is 2.06. The largest absolute Gasteiger partial charge is 0.330 e. The van der Waals surface area contributed by atoms with Crippen LogP contribution in [0, 0.1) is 0 Å². The van der Waals surface area contributed by atoms with Crippen LogP contribution in [0.3, 0.4) is 0 Å². The van der Waals surface area contributed by atoms with E-state index in [0.29, 0.717) is 0 Å². The summed E-state index contributed by atoms with van der Waals surface area (Å²) in [5, 5.41) is 0. The van der Waals surface area contributed by atoms with Gasteiger partial charge in [-0.15, -0.1) is 0 Å². The summed E-state index contributed by atoms with van der Waals surface area (Å²) in [4.78, 5) is 2.35. The van der Waals surface area contributed by atoms with Crippen LogP contribution in [0.4, 0.5) is 0 Å². The molecule has 1 aliphatic rings. The van der Waals surface area contributed by atoms with Crippen LogP contribution in [0.5, 0.6) is 0 Å². The molecule has 0 aliphatic carbocycles. The summed E-state index contributed by atoms with van der Waals surface area (Å²) in [5.74, 6) is 0.748. The van der Waals surface area contributed by atoms with Crippen molar-refractivity contribution in [1.82, 2.24) is 4.90 Å². The van der Waals surface area contributed by atoms with E-state index in [4.69, 9.17) is 5.73 Å². The minimum atomic E-state index is 0.744. The molecule has 1 saturated heterocycles. The molecule has 1 fully saturated rings. The van der Waals surface area contributed by atoms with Crippen molar-refractivity contribution < 1.29 is 0 Å². The first-order valence-corrected chi connectivity index (χ1v) is 5.27. The Hall–Kier alpha value is -0.860. The lowest BCUT2D eigenvalue weighted by Gasteiger charge is -2.36. The van der Waals surface area contributed by atoms with Crippen molar-refractivity contribution in [3.05, 3.63) is 35.4 Å². The summed E-state index contributed by atoms with van der Waals surface area (Å²) >= 11 is 0. The highest BCUT2D eigenvalue weighted by molar-refractivity contribution is 5.28. The van der Waals surface area contributed by atoms with Gasteiger partial charge in [-0.1, -0.05) is 24.3 Å². The maximum absolute atomic E-state index is 5.55. The Morgan fingerprint density at radius 1 is 1.43 bits per heavy atom. The van der Waals surface area contributed by atoms with Crippen LogP contribution < -0.4 is 5.73 Å². The third-order valence-electron chi connectivity index (χ3n) is 2.92. The van der Waals surface area contributed by atoms with Gasteiger partial charge in [0.25, 0.3) is 0 Å². The number of rotatable bonds is 3. The molecule has 0 bridgehead atoms. The zero-order valence-corrected chi connectivity index (χ0v) is 8.74. The monoisotopic (exact) mass is 190 g/mol. The average Bonchev–Trinajstić information content (AvgIpc) is 2.14. The van der Waals surface area contributed by atoms with Gasteiger partial charge in [-0.25, -0.2) is 0 Å². The van der Waals surface area contributed by atoms with Crippen LogP contribution in [0.1, 0.15) is 17.0 Å². The number of hydrogen-bond donors (Lipinski definition) is 1. The SMILES string of the molecule is CN1CC(c2cccc(CCN)c2)C1. The van der Waals surface area contributed by atoms with Crippen LogP contribution in [0.15, 0.2) is 24.3 Å². The minimum absolute atomic E-state index is 0.744. The highest BCUT2D eigenvalue weighted by Crippen LogP contribution is 2.25. The molecule has 0 atom stereocenters. The molecular weight excluding hydrogens is 172 g/mol. The normalized spacial score (nSPS) is 18.1. The average molecular weight is 190 g/mol. The molecule has 2 nitrogen and oxygen atoms in total. The summed E-state index contributed by atoms with van der Waals surface area (Å²) in [7, 11) is 2.17. The number of likely N-dealkylation sites (tertiary alicyclic amines) is 1. The van der Waals surface area contributed by atoms with E-state index in [0.717, 1.165) is 18.9 Å². The van der Waals surface area contributed by atoms with Crippen molar-refractivity contribution in [3.8, 4) is 0 Å². The molecule has 1 aromatic rings. The van der Waals surface area contributed by atoms with E-state index < -0.39 is 0 Å². The Morgan fingerprint density at radius 2 is 2.21 bits per heavy atom. The number of likely N-dealkylation sites (N-methyl/N-ethyl adjacent to an activating group) is 1. The molecule has 0 unspecified atom stereocenters. The molecule has 2 N–H and O–H groups in total. The lowest BCUT2D eigenvalue weighted by molar-refractivity contribution is 0.189. The van der Waals surface area contributed by atoms with Crippen LogP contribution in [-0.2, 0) is 6.42 Å². The number of nitrogens with zero attached hydrogens (tertiary/aromatic N) is 1. The number of benzene rings is 1. The van der Waals surface area contributed by atoms with Gasteiger partial charge in [0.2, 0.25) is 0 Å². The Kier molecular flexibility index (Phi) is 2.85. The highest BCUT2D eigenvalue weighted by atomic mass is 15.2. The summed E-state index contributed by atoms with van der Waals surface area (Å²) in [6, 6.07) is 8.86. The highest BCUT2D eigenvalue weighted by Gasteiger charge is 2.24. The second kappa shape index (κ2) is 4.11. The lowest BCUT2D eigenvalue weighted by atomic mass is 9.90. The smallest absolute Gasteiger partial charge is 0.00934 e. The van der Waals surface area contributed by atoms with Crippen molar-refractivity contribution in [2.24, 2.45) is 5.73 Å². The van der Waals surface area contributed by atoms with Gasteiger partial charge in [0.1, 0.15) is 0 Å². The van der Waals surface area contributed by atoms with Crippen molar-refractivity contribution in [1.29, 1.82) is 0 Å². The molecule has 0 radical (unpaired) electrons. The topological polar surface area (TPSA) is 29.3 Å². The van der Waals surface area contributed by atoms with Crippen LogP contribution in [0.25, 0.3) is 0 Å². The standard InChI is InChI=1S/C12H18N2/c1-14-8-12(9-14)11-4-2-3-10(7-11)5-6-13/h2-4,7,12H,5-6,8-9,13H2,1H3. The Labute approximate surface area is 85.7 Å². The molecule has 2 heteroatoms. The fourth-order valence-electron chi connectivity index (χ4n) is 2.08. The molecular formula is C12H18N2. The first-order valence-electron chi connectivity index (χ1n) is 5.27. The zero-order chi connectivity index (χ0) is 9.97. The Morgan fingerprint density at radius 3 is 2.86 bits per heavy atom. The fraction of sp³-hybridized carbons (Fsp3) is 0.500. The molecule has 0 spiro atoms. The van der Waals surface area contributed by atoms with Gasteiger partial charge in [0, 0.05) is 19.0 Å². The van der Waals surface area contributed by atoms with Crippen LogP contribution in [-0.4, -0.2) is 31.6 Å². The van der Waals surface area contributed by atoms with E-state index >= 15 is 0 Å². The maximum atomic E-state index is 5.55.